The molecule has 1 saturated heterocycles. The molecule has 1 unspecified atom stereocenters. The number of halogens is 2. The number of rotatable bonds is 3. The molecule has 2 aliphatic rings. The third-order valence-corrected chi connectivity index (χ3v) is 5.54. The van der Waals surface area contributed by atoms with Crippen molar-refractivity contribution in [2.45, 2.75) is 45.1 Å². The van der Waals surface area contributed by atoms with Crippen LogP contribution in [0.3, 0.4) is 0 Å². The number of anilines is 1. The first-order valence-electron chi connectivity index (χ1n) is 8.57. The van der Waals surface area contributed by atoms with E-state index < -0.39 is 0 Å². The molecule has 122 valence electrons. The van der Waals surface area contributed by atoms with E-state index in [1.807, 2.05) is 6.07 Å². The maximum absolute atomic E-state index is 13.3. The van der Waals surface area contributed by atoms with Crippen LogP contribution < -0.4 is 4.90 Å². The molecule has 0 radical (unpaired) electrons. The van der Waals surface area contributed by atoms with Gasteiger partial charge < -0.3 is 4.90 Å². The van der Waals surface area contributed by atoms with Gasteiger partial charge in [-0.3, -0.25) is 4.90 Å². The van der Waals surface area contributed by atoms with Gasteiger partial charge in [-0.1, -0.05) is 30.9 Å². The van der Waals surface area contributed by atoms with Crippen LogP contribution in [0.5, 0.6) is 0 Å². The van der Waals surface area contributed by atoms with Crippen LogP contribution in [-0.2, 0) is 0 Å². The smallest absolute Gasteiger partial charge is 0.141 e. The van der Waals surface area contributed by atoms with Gasteiger partial charge in [0.05, 0.1) is 5.02 Å². The largest absolute Gasteiger partial charge is 0.369 e. The van der Waals surface area contributed by atoms with Crippen LogP contribution >= 0.6 is 11.6 Å². The summed E-state index contributed by atoms with van der Waals surface area (Å²) in [6.07, 6.45) is 7.05. The van der Waals surface area contributed by atoms with E-state index in [2.05, 4.69) is 16.7 Å². The Morgan fingerprint density at radius 1 is 1.18 bits per heavy atom. The minimum atomic E-state index is -0.339. The molecule has 3 rings (SSSR count). The van der Waals surface area contributed by atoms with Crippen LogP contribution in [0.25, 0.3) is 0 Å². The molecule has 0 N–H and O–H groups in total. The lowest BCUT2D eigenvalue weighted by molar-refractivity contribution is 0.144. The third kappa shape index (κ3) is 3.75. The van der Waals surface area contributed by atoms with Gasteiger partial charge in [-0.25, -0.2) is 4.39 Å². The summed E-state index contributed by atoms with van der Waals surface area (Å²) in [5, 5.41) is 0.217. The van der Waals surface area contributed by atoms with E-state index in [4.69, 9.17) is 11.6 Å². The Hall–Kier alpha value is -0.800. The van der Waals surface area contributed by atoms with Crippen molar-refractivity contribution in [3.63, 3.8) is 0 Å². The number of hydrogen-bond donors (Lipinski definition) is 0. The average molecular weight is 325 g/mol. The average Bonchev–Trinajstić information content (AvgIpc) is 2.53. The number of piperazine rings is 1. The molecule has 2 nitrogen and oxygen atoms in total. The summed E-state index contributed by atoms with van der Waals surface area (Å²) in [6, 6.07) is 5.60. The zero-order valence-corrected chi connectivity index (χ0v) is 14.2. The summed E-state index contributed by atoms with van der Waals surface area (Å²) in [4.78, 5) is 4.96. The van der Waals surface area contributed by atoms with Crippen LogP contribution in [-0.4, -0.2) is 37.1 Å². The van der Waals surface area contributed by atoms with Gasteiger partial charge in [-0.05, 0) is 43.9 Å². The molecule has 1 aromatic rings. The third-order valence-electron chi connectivity index (χ3n) is 5.25. The van der Waals surface area contributed by atoms with Crippen molar-refractivity contribution in [1.82, 2.24) is 4.90 Å². The summed E-state index contributed by atoms with van der Waals surface area (Å²) in [5.74, 6) is 0.553. The summed E-state index contributed by atoms with van der Waals surface area (Å²) in [6.45, 7) is 6.64. The molecule has 1 saturated carbocycles. The van der Waals surface area contributed by atoms with Crippen molar-refractivity contribution < 1.29 is 4.39 Å². The van der Waals surface area contributed by atoms with E-state index in [-0.39, 0.29) is 10.8 Å². The Balaban J connectivity index is 1.58. The second-order valence-corrected chi connectivity index (χ2v) is 7.30. The van der Waals surface area contributed by atoms with E-state index in [1.54, 1.807) is 6.07 Å². The molecule has 1 aliphatic carbocycles. The molecule has 1 atom stereocenters. The van der Waals surface area contributed by atoms with Gasteiger partial charge in [0, 0.05) is 37.9 Å². The maximum atomic E-state index is 13.3. The van der Waals surface area contributed by atoms with E-state index in [1.165, 1.54) is 44.7 Å². The highest BCUT2D eigenvalue weighted by atomic mass is 35.5. The lowest BCUT2D eigenvalue weighted by Crippen LogP contribution is -2.53. The lowest BCUT2D eigenvalue weighted by Gasteiger charge is -2.42. The van der Waals surface area contributed by atoms with Crippen LogP contribution in [0.2, 0.25) is 5.02 Å². The fourth-order valence-corrected chi connectivity index (χ4v) is 4.06. The lowest BCUT2D eigenvalue weighted by atomic mass is 9.88. The number of hydrogen-bond acceptors (Lipinski definition) is 2. The van der Waals surface area contributed by atoms with Crippen LogP contribution in [0.15, 0.2) is 18.2 Å². The fourth-order valence-electron chi connectivity index (χ4n) is 3.88. The molecule has 1 heterocycles. The Kier molecular flexibility index (Phi) is 5.25. The van der Waals surface area contributed by atoms with Crippen molar-refractivity contribution in [2.75, 3.05) is 31.1 Å². The standard InChI is InChI=1S/C18H26ClFN2/c1-14-12-22(16-7-8-18(20)17(19)11-16)10-9-21(14)13-15-5-3-2-4-6-15/h7-8,11,14-15H,2-6,9-10,12-13H2,1H3. The van der Waals surface area contributed by atoms with Gasteiger partial charge in [-0.2, -0.15) is 0 Å². The monoisotopic (exact) mass is 324 g/mol. The van der Waals surface area contributed by atoms with E-state index in [0.717, 1.165) is 31.2 Å². The molecule has 0 spiro atoms. The van der Waals surface area contributed by atoms with Crippen LogP contribution in [0, 0.1) is 11.7 Å². The van der Waals surface area contributed by atoms with E-state index >= 15 is 0 Å². The van der Waals surface area contributed by atoms with Gasteiger partial charge in [0.2, 0.25) is 0 Å². The minimum absolute atomic E-state index is 0.217. The molecule has 2 fully saturated rings. The molecule has 0 bridgehead atoms. The minimum Gasteiger partial charge on any atom is -0.369 e. The van der Waals surface area contributed by atoms with Crippen molar-refractivity contribution in [3.05, 3.63) is 29.0 Å². The molecule has 0 amide bonds. The first kappa shape index (κ1) is 16.1. The highest BCUT2D eigenvalue weighted by molar-refractivity contribution is 6.31. The topological polar surface area (TPSA) is 6.48 Å². The Labute approximate surface area is 138 Å². The zero-order valence-electron chi connectivity index (χ0n) is 13.4. The predicted molar refractivity (Wildman–Crippen MR) is 91.2 cm³/mol. The van der Waals surface area contributed by atoms with E-state index in [9.17, 15) is 4.39 Å². The molecule has 22 heavy (non-hydrogen) atoms. The van der Waals surface area contributed by atoms with Gasteiger partial charge in [0.25, 0.3) is 0 Å². The number of benzene rings is 1. The second kappa shape index (κ2) is 7.18. The summed E-state index contributed by atoms with van der Waals surface area (Å²) >= 11 is 5.91. The normalized spacial score (nSPS) is 24.7. The van der Waals surface area contributed by atoms with Crippen LogP contribution in [0.4, 0.5) is 10.1 Å². The Morgan fingerprint density at radius 2 is 1.95 bits per heavy atom. The van der Waals surface area contributed by atoms with Crippen molar-refractivity contribution in [1.29, 1.82) is 0 Å². The number of nitrogens with zero attached hydrogens (tertiary/aromatic N) is 2. The SMILES string of the molecule is CC1CN(c2ccc(F)c(Cl)c2)CCN1CC1CCCCC1. The molecule has 4 heteroatoms. The van der Waals surface area contributed by atoms with Gasteiger partial charge in [-0.15, -0.1) is 0 Å². The predicted octanol–water partition coefficient (Wildman–Crippen LogP) is 4.57. The van der Waals surface area contributed by atoms with Crippen molar-refractivity contribution in [3.8, 4) is 0 Å². The maximum Gasteiger partial charge on any atom is 0.141 e. The van der Waals surface area contributed by atoms with Gasteiger partial charge in [0.15, 0.2) is 0 Å². The summed E-state index contributed by atoms with van der Waals surface area (Å²) in [7, 11) is 0. The highest BCUT2D eigenvalue weighted by Crippen LogP contribution is 2.28. The Bertz CT molecular complexity index is 502. The molecular weight excluding hydrogens is 299 g/mol. The van der Waals surface area contributed by atoms with Crippen LogP contribution in [0.1, 0.15) is 39.0 Å². The molecular formula is C18H26ClFN2. The van der Waals surface area contributed by atoms with Gasteiger partial charge >= 0.3 is 0 Å². The Morgan fingerprint density at radius 3 is 2.64 bits per heavy atom. The van der Waals surface area contributed by atoms with E-state index in [0.29, 0.717) is 6.04 Å². The summed E-state index contributed by atoms with van der Waals surface area (Å²) in [5.41, 5.74) is 1.04. The quantitative estimate of drug-likeness (QED) is 0.803. The first-order chi connectivity index (χ1) is 10.6. The van der Waals surface area contributed by atoms with Gasteiger partial charge in [0.1, 0.15) is 5.82 Å². The highest BCUT2D eigenvalue weighted by Gasteiger charge is 2.26. The van der Waals surface area contributed by atoms with Crippen molar-refractivity contribution in [2.24, 2.45) is 5.92 Å². The first-order valence-corrected chi connectivity index (χ1v) is 8.95. The second-order valence-electron chi connectivity index (χ2n) is 6.89. The fraction of sp³-hybridized carbons (Fsp3) is 0.667. The molecule has 1 aromatic carbocycles. The van der Waals surface area contributed by atoms with Crippen molar-refractivity contribution >= 4 is 17.3 Å². The zero-order chi connectivity index (χ0) is 15.5. The molecule has 1 aliphatic heterocycles. The summed E-state index contributed by atoms with van der Waals surface area (Å²) < 4.78 is 13.3. The molecule has 0 aromatic heterocycles.